The van der Waals surface area contributed by atoms with Crippen molar-refractivity contribution >= 4 is 11.6 Å². The van der Waals surface area contributed by atoms with Gasteiger partial charge in [0.2, 0.25) is 0 Å². The van der Waals surface area contributed by atoms with E-state index in [1.807, 2.05) is 12.1 Å². The standard InChI is InChI=1S/C19H28ClN/c1-14(15-6-4-2-3-5-7-15)21-19-12-17(13-19)16-8-10-18(20)11-9-16/h8-11,14-15,17,19,21H,2-7,12-13H2,1H3/t14-,17?,19?/m1/s1. The highest BCUT2D eigenvalue weighted by atomic mass is 35.5. The predicted octanol–water partition coefficient (Wildman–Crippen LogP) is 5.53. The molecule has 0 heterocycles. The number of benzene rings is 1. The Morgan fingerprint density at radius 2 is 1.62 bits per heavy atom. The van der Waals surface area contributed by atoms with E-state index in [1.165, 1.54) is 56.9 Å². The maximum atomic E-state index is 5.96. The van der Waals surface area contributed by atoms with Crippen molar-refractivity contribution in [3.63, 3.8) is 0 Å². The summed E-state index contributed by atoms with van der Waals surface area (Å²) in [6.07, 6.45) is 11.2. The molecule has 2 aliphatic rings. The van der Waals surface area contributed by atoms with E-state index in [0.29, 0.717) is 6.04 Å². The molecule has 2 fully saturated rings. The lowest BCUT2D eigenvalue weighted by Crippen LogP contribution is -2.47. The maximum absolute atomic E-state index is 5.96. The minimum Gasteiger partial charge on any atom is -0.311 e. The molecule has 2 aliphatic carbocycles. The number of rotatable bonds is 4. The molecule has 1 aromatic carbocycles. The third-order valence-corrected chi connectivity index (χ3v) is 5.84. The first-order valence-electron chi connectivity index (χ1n) is 8.74. The van der Waals surface area contributed by atoms with Gasteiger partial charge in [-0.05, 0) is 62.1 Å². The zero-order valence-electron chi connectivity index (χ0n) is 13.2. The molecule has 0 spiro atoms. The summed E-state index contributed by atoms with van der Waals surface area (Å²) in [6.45, 7) is 2.41. The Kier molecular flexibility index (Phi) is 5.24. The van der Waals surface area contributed by atoms with Gasteiger partial charge in [0.15, 0.2) is 0 Å². The molecule has 3 rings (SSSR count). The molecule has 0 radical (unpaired) electrons. The van der Waals surface area contributed by atoms with Crippen molar-refractivity contribution in [2.75, 3.05) is 0 Å². The van der Waals surface area contributed by atoms with Crippen LogP contribution < -0.4 is 5.32 Å². The van der Waals surface area contributed by atoms with Crippen LogP contribution in [0.2, 0.25) is 5.02 Å². The van der Waals surface area contributed by atoms with Crippen molar-refractivity contribution in [1.82, 2.24) is 5.32 Å². The lowest BCUT2D eigenvalue weighted by Gasteiger charge is -2.40. The van der Waals surface area contributed by atoms with E-state index < -0.39 is 0 Å². The Morgan fingerprint density at radius 1 is 1.00 bits per heavy atom. The van der Waals surface area contributed by atoms with Gasteiger partial charge in [0.1, 0.15) is 0 Å². The van der Waals surface area contributed by atoms with Crippen LogP contribution in [0.3, 0.4) is 0 Å². The fourth-order valence-electron chi connectivity index (χ4n) is 4.08. The number of hydrogen-bond donors (Lipinski definition) is 1. The van der Waals surface area contributed by atoms with Gasteiger partial charge >= 0.3 is 0 Å². The molecule has 0 saturated heterocycles. The highest BCUT2D eigenvalue weighted by Crippen LogP contribution is 2.38. The Bertz CT molecular complexity index is 427. The summed E-state index contributed by atoms with van der Waals surface area (Å²) in [4.78, 5) is 0. The largest absolute Gasteiger partial charge is 0.311 e. The van der Waals surface area contributed by atoms with Crippen LogP contribution in [-0.4, -0.2) is 12.1 Å². The summed E-state index contributed by atoms with van der Waals surface area (Å²) in [5.74, 6) is 1.64. The third-order valence-electron chi connectivity index (χ3n) is 5.59. The third kappa shape index (κ3) is 4.02. The fourth-order valence-corrected chi connectivity index (χ4v) is 4.21. The van der Waals surface area contributed by atoms with E-state index in [1.54, 1.807) is 0 Å². The second-order valence-electron chi connectivity index (χ2n) is 7.12. The fraction of sp³-hybridized carbons (Fsp3) is 0.684. The van der Waals surface area contributed by atoms with Crippen LogP contribution in [0.4, 0.5) is 0 Å². The Labute approximate surface area is 134 Å². The van der Waals surface area contributed by atoms with Crippen LogP contribution in [0.1, 0.15) is 69.8 Å². The summed E-state index contributed by atoms with van der Waals surface area (Å²) < 4.78 is 0. The molecule has 2 heteroatoms. The molecule has 0 bridgehead atoms. The minimum atomic E-state index is 0.694. The van der Waals surface area contributed by atoms with Gasteiger partial charge in [-0.3, -0.25) is 0 Å². The van der Waals surface area contributed by atoms with Gasteiger partial charge in [0, 0.05) is 17.1 Å². The van der Waals surface area contributed by atoms with Crippen LogP contribution in [0.25, 0.3) is 0 Å². The Hall–Kier alpha value is -0.530. The molecular weight excluding hydrogens is 278 g/mol. The van der Waals surface area contributed by atoms with Gasteiger partial charge < -0.3 is 5.32 Å². The molecule has 0 unspecified atom stereocenters. The summed E-state index contributed by atoms with van der Waals surface area (Å²) in [7, 11) is 0. The second kappa shape index (κ2) is 7.15. The van der Waals surface area contributed by atoms with Crippen molar-refractivity contribution in [1.29, 1.82) is 0 Å². The lowest BCUT2D eigenvalue weighted by molar-refractivity contribution is 0.228. The van der Waals surface area contributed by atoms with Crippen molar-refractivity contribution < 1.29 is 0 Å². The van der Waals surface area contributed by atoms with Crippen LogP contribution in [0, 0.1) is 5.92 Å². The van der Waals surface area contributed by atoms with Crippen LogP contribution in [-0.2, 0) is 0 Å². The highest BCUT2D eigenvalue weighted by Gasteiger charge is 2.32. The van der Waals surface area contributed by atoms with Crippen molar-refractivity contribution in [3.05, 3.63) is 34.9 Å². The monoisotopic (exact) mass is 305 g/mol. The van der Waals surface area contributed by atoms with E-state index >= 15 is 0 Å². The minimum absolute atomic E-state index is 0.694. The summed E-state index contributed by atoms with van der Waals surface area (Å²) in [6, 6.07) is 9.84. The first-order valence-corrected chi connectivity index (χ1v) is 9.11. The van der Waals surface area contributed by atoms with Gasteiger partial charge in [-0.25, -0.2) is 0 Å². The normalized spacial score (nSPS) is 28.7. The van der Waals surface area contributed by atoms with E-state index in [-0.39, 0.29) is 0 Å². The molecule has 1 aromatic rings. The van der Waals surface area contributed by atoms with Gasteiger partial charge in [0.25, 0.3) is 0 Å². The van der Waals surface area contributed by atoms with Crippen LogP contribution in [0.15, 0.2) is 24.3 Å². The quantitative estimate of drug-likeness (QED) is 0.721. The summed E-state index contributed by atoms with van der Waals surface area (Å²) >= 11 is 5.96. The highest BCUT2D eigenvalue weighted by molar-refractivity contribution is 6.30. The van der Waals surface area contributed by atoms with Gasteiger partial charge in [0.05, 0.1) is 0 Å². The summed E-state index contributed by atoms with van der Waals surface area (Å²) in [5, 5.41) is 4.74. The molecular formula is C19H28ClN. The smallest absolute Gasteiger partial charge is 0.0406 e. The van der Waals surface area contributed by atoms with Crippen LogP contribution >= 0.6 is 11.6 Å². The molecule has 0 aromatic heterocycles. The molecule has 21 heavy (non-hydrogen) atoms. The van der Waals surface area contributed by atoms with Gasteiger partial charge in [-0.1, -0.05) is 49.4 Å². The van der Waals surface area contributed by atoms with E-state index in [2.05, 4.69) is 24.4 Å². The van der Waals surface area contributed by atoms with E-state index in [0.717, 1.165) is 22.9 Å². The van der Waals surface area contributed by atoms with Gasteiger partial charge in [-0.15, -0.1) is 0 Å². The molecule has 1 N–H and O–H groups in total. The molecule has 116 valence electrons. The summed E-state index contributed by atoms with van der Waals surface area (Å²) in [5.41, 5.74) is 1.46. The lowest BCUT2D eigenvalue weighted by atomic mass is 9.75. The first kappa shape index (κ1) is 15.4. The van der Waals surface area contributed by atoms with Crippen molar-refractivity contribution in [2.24, 2.45) is 5.92 Å². The Morgan fingerprint density at radius 3 is 2.24 bits per heavy atom. The predicted molar refractivity (Wildman–Crippen MR) is 91.0 cm³/mol. The molecule has 0 amide bonds. The molecule has 0 aliphatic heterocycles. The molecule has 2 saturated carbocycles. The maximum Gasteiger partial charge on any atom is 0.0406 e. The topological polar surface area (TPSA) is 12.0 Å². The average molecular weight is 306 g/mol. The second-order valence-corrected chi connectivity index (χ2v) is 7.56. The van der Waals surface area contributed by atoms with Crippen molar-refractivity contribution in [2.45, 2.75) is 76.3 Å². The molecule has 1 atom stereocenters. The number of hydrogen-bond acceptors (Lipinski definition) is 1. The zero-order valence-corrected chi connectivity index (χ0v) is 13.9. The first-order chi connectivity index (χ1) is 10.2. The SMILES string of the molecule is C[C@@H](NC1CC(c2ccc(Cl)cc2)C1)C1CCCCCC1. The number of halogens is 1. The van der Waals surface area contributed by atoms with Crippen molar-refractivity contribution in [3.8, 4) is 0 Å². The Balaban J connectivity index is 1.44. The molecule has 1 nitrogen and oxygen atoms in total. The van der Waals surface area contributed by atoms with Gasteiger partial charge in [-0.2, -0.15) is 0 Å². The van der Waals surface area contributed by atoms with Crippen LogP contribution in [0.5, 0.6) is 0 Å². The zero-order chi connectivity index (χ0) is 14.7. The number of nitrogens with one attached hydrogen (secondary N) is 1. The van der Waals surface area contributed by atoms with E-state index in [4.69, 9.17) is 11.6 Å². The van der Waals surface area contributed by atoms with E-state index in [9.17, 15) is 0 Å². The average Bonchev–Trinajstić information content (AvgIpc) is 2.72.